The number of benzene rings is 2. The Bertz CT molecular complexity index is 947. The van der Waals surface area contributed by atoms with Crippen LogP contribution in [0, 0.1) is 10.1 Å². The number of fused-ring (bicyclic) bond motifs is 1. The highest BCUT2D eigenvalue weighted by atomic mass is 16.6. The van der Waals surface area contributed by atoms with Crippen molar-refractivity contribution in [2.75, 3.05) is 19.4 Å². The van der Waals surface area contributed by atoms with Gasteiger partial charge in [0.15, 0.2) is 0 Å². The van der Waals surface area contributed by atoms with Crippen molar-refractivity contribution in [3.63, 3.8) is 0 Å². The van der Waals surface area contributed by atoms with Gasteiger partial charge in [0, 0.05) is 17.8 Å². The van der Waals surface area contributed by atoms with Gasteiger partial charge in [-0.15, -0.1) is 0 Å². The van der Waals surface area contributed by atoms with Gasteiger partial charge >= 0.3 is 0 Å². The fourth-order valence-corrected chi connectivity index (χ4v) is 2.72. The third-order valence-electron chi connectivity index (χ3n) is 3.85. The first-order chi connectivity index (χ1) is 12.4. The number of non-ortho nitro benzene ring substituents is 1. The number of nitro benzene ring substituents is 1. The Hall–Kier alpha value is -3.26. The Morgan fingerprint density at radius 1 is 1.19 bits per heavy atom. The molecule has 0 radical (unpaired) electrons. The van der Waals surface area contributed by atoms with Crippen LogP contribution < -0.4 is 5.32 Å². The monoisotopic (exact) mass is 353 g/mol. The van der Waals surface area contributed by atoms with Gasteiger partial charge in [-0.2, -0.15) is 0 Å². The van der Waals surface area contributed by atoms with Crippen molar-refractivity contribution in [3.05, 3.63) is 64.5 Å². The second-order valence-electron chi connectivity index (χ2n) is 6.19. The first-order valence-electron chi connectivity index (χ1n) is 8.07. The lowest BCUT2D eigenvalue weighted by molar-refractivity contribution is -0.384. The van der Waals surface area contributed by atoms with Crippen LogP contribution in [0.15, 0.2) is 48.5 Å². The average molecular weight is 353 g/mol. The highest BCUT2D eigenvalue weighted by Crippen LogP contribution is 2.18. The maximum Gasteiger partial charge on any atom is 0.269 e. The molecule has 0 spiro atoms. The van der Waals surface area contributed by atoms with Gasteiger partial charge in [-0.1, -0.05) is 12.1 Å². The average Bonchev–Trinajstić information content (AvgIpc) is 2.92. The van der Waals surface area contributed by atoms with Crippen molar-refractivity contribution < 1.29 is 9.72 Å². The van der Waals surface area contributed by atoms with E-state index in [0.29, 0.717) is 12.2 Å². The van der Waals surface area contributed by atoms with E-state index in [0.717, 1.165) is 16.9 Å². The van der Waals surface area contributed by atoms with Crippen molar-refractivity contribution in [3.8, 4) is 0 Å². The molecular weight excluding hydrogens is 334 g/mol. The van der Waals surface area contributed by atoms with Crippen molar-refractivity contribution in [2.24, 2.45) is 0 Å². The fraction of sp³-hybridized carbons (Fsp3) is 0.222. The molecule has 8 nitrogen and oxygen atoms in total. The third kappa shape index (κ3) is 3.86. The molecule has 26 heavy (non-hydrogen) atoms. The Labute approximate surface area is 150 Å². The minimum atomic E-state index is -0.475. The molecule has 0 unspecified atom stereocenters. The Balaban J connectivity index is 1.81. The molecule has 1 N–H and O–H groups in total. The van der Waals surface area contributed by atoms with Crippen LogP contribution in [0.1, 0.15) is 5.82 Å². The van der Waals surface area contributed by atoms with E-state index in [4.69, 9.17) is 0 Å². The molecule has 3 aromatic rings. The summed E-state index contributed by atoms with van der Waals surface area (Å²) in [6.07, 6.45) is 0. The molecule has 1 heterocycles. The molecule has 0 bridgehead atoms. The number of nitrogens with one attached hydrogen (secondary N) is 1. The molecule has 0 aliphatic heterocycles. The zero-order valence-corrected chi connectivity index (χ0v) is 14.5. The Morgan fingerprint density at radius 3 is 2.54 bits per heavy atom. The predicted molar refractivity (Wildman–Crippen MR) is 98.9 cm³/mol. The quantitative estimate of drug-likeness (QED) is 0.543. The van der Waals surface area contributed by atoms with Crippen LogP contribution in [0.2, 0.25) is 0 Å². The molecule has 0 aliphatic rings. The molecular formula is C18H19N5O3. The number of nitrogens with zero attached hydrogens (tertiary/aromatic N) is 4. The molecule has 0 fully saturated rings. The molecule has 2 aromatic carbocycles. The van der Waals surface area contributed by atoms with Gasteiger partial charge in [0.1, 0.15) is 12.4 Å². The summed E-state index contributed by atoms with van der Waals surface area (Å²) in [6, 6.07) is 13.4. The number of para-hydroxylation sites is 2. The fourth-order valence-electron chi connectivity index (χ4n) is 2.72. The number of hydrogen-bond acceptors (Lipinski definition) is 5. The summed E-state index contributed by atoms with van der Waals surface area (Å²) in [5.41, 5.74) is 2.23. The van der Waals surface area contributed by atoms with Gasteiger partial charge in [-0.3, -0.25) is 14.9 Å². The summed E-state index contributed by atoms with van der Waals surface area (Å²) >= 11 is 0. The van der Waals surface area contributed by atoms with Gasteiger partial charge < -0.3 is 14.8 Å². The largest absolute Gasteiger partial charge is 0.325 e. The minimum Gasteiger partial charge on any atom is -0.325 e. The van der Waals surface area contributed by atoms with Crippen LogP contribution in [0.5, 0.6) is 0 Å². The summed E-state index contributed by atoms with van der Waals surface area (Å²) in [5.74, 6) is 0.581. The maximum atomic E-state index is 12.5. The molecule has 0 saturated carbocycles. The molecule has 1 aromatic heterocycles. The lowest BCUT2D eigenvalue weighted by Gasteiger charge is -2.13. The van der Waals surface area contributed by atoms with Crippen LogP contribution in [-0.4, -0.2) is 39.4 Å². The zero-order chi connectivity index (χ0) is 18.7. The Morgan fingerprint density at radius 2 is 1.88 bits per heavy atom. The second-order valence-corrected chi connectivity index (χ2v) is 6.19. The number of amides is 1. The van der Waals surface area contributed by atoms with Gasteiger partial charge in [-0.05, 0) is 38.4 Å². The topological polar surface area (TPSA) is 93.3 Å². The standard InChI is InChI=1S/C18H19N5O3/c1-21(2)11-17-20-15-5-3-4-6-16(15)22(17)12-18(24)19-13-7-9-14(10-8-13)23(25)26/h3-10H,11-12H2,1-2H3,(H,19,24). The zero-order valence-electron chi connectivity index (χ0n) is 14.5. The van der Waals surface area contributed by atoms with Crippen molar-refractivity contribution in [1.82, 2.24) is 14.5 Å². The van der Waals surface area contributed by atoms with Crippen molar-refractivity contribution >= 4 is 28.3 Å². The molecule has 0 atom stereocenters. The van der Waals surface area contributed by atoms with Gasteiger partial charge in [0.2, 0.25) is 5.91 Å². The normalized spacial score (nSPS) is 11.0. The van der Waals surface area contributed by atoms with Crippen LogP contribution >= 0.6 is 0 Å². The third-order valence-corrected chi connectivity index (χ3v) is 3.85. The summed E-state index contributed by atoms with van der Waals surface area (Å²) < 4.78 is 1.88. The number of nitro groups is 1. The van der Waals surface area contributed by atoms with E-state index in [1.807, 2.05) is 47.8 Å². The highest BCUT2D eigenvalue weighted by molar-refractivity contribution is 5.91. The summed E-state index contributed by atoms with van der Waals surface area (Å²) in [7, 11) is 3.89. The first kappa shape index (κ1) is 17.6. The van der Waals surface area contributed by atoms with E-state index in [1.165, 1.54) is 24.3 Å². The number of imidazole rings is 1. The number of carbonyl (C=O) groups is 1. The SMILES string of the molecule is CN(C)Cc1nc2ccccc2n1CC(=O)Nc1ccc([N+](=O)[O-])cc1. The number of carbonyl (C=O) groups excluding carboxylic acids is 1. The minimum absolute atomic E-state index is 0.0168. The number of rotatable bonds is 6. The van der Waals surface area contributed by atoms with Gasteiger partial charge in [-0.25, -0.2) is 4.98 Å². The number of hydrogen-bond donors (Lipinski definition) is 1. The van der Waals surface area contributed by atoms with Crippen LogP contribution in [-0.2, 0) is 17.9 Å². The van der Waals surface area contributed by atoms with Gasteiger partial charge in [0.05, 0.1) is 22.5 Å². The van der Waals surface area contributed by atoms with Crippen molar-refractivity contribution in [2.45, 2.75) is 13.1 Å². The van der Waals surface area contributed by atoms with E-state index >= 15 is 0 Å². The first-order valence-corrected chi connectivity index (χ1v) is 8.07. The maximum absolute atomic E-state index is 12.5. The molecule has 0 aliphatic carbocycles. The molecule has 1 amide bonds. The predicted octanol–water partition coefficient (Wildman–Crippen LogP) is 2.64. The lowest BCUT2D eigenvalue weighted by Crippen LogP contribution is -2.22. The van der Waals surface area contributed by atoms with E-state index in [1.54, 1.807) is 0 Å². The van der Waals surface area contributed by atoms with E-state index in [-0.39, 0.29) is 18.1 Å². The Kier molecular flexibility index (Phi) is 4.94. The van der Waals surface area contributed by atoms with E-state index in [9.17, 15) is 14.9 Å². The smallest absolute Gasteiger partial charge is 0.269 e. The van der Waals surface area contributed by atoms with Crippen LogP contribution in [0.25, 0.3) is 11.0 Å². The lowest BCUT2D eigenvalue weighted by atomic mass is 10.3. The number of anilines is 1. The number of aromatic nitrogens is 2. The second kappa shape index (κ2) is 7.32. The summed E-state index contributed by atoms with van der Waals surface area (Å²) in [5, 5.41) is 13.5. The van der Waals surface area contributed by atoms with E-state index < -0.39 is 4.92 Å². The molecule has 3 rings (SSSR count). The molecule has 8 heteroatoms. The van der Waals surface area contributed by atoms with Crippen LogP contribution in [0.3, 0.4) is 0 Å². The molecule has 0 saturated heterocycles. The van der Waals surface area contributed by atoms with Crippen molar-refractivity contribution in [1.29, 1.82) is 0 Å². The van der Waals surface area contributed by atoms with Gasteiger partial charge in [0.25, 0.3) is 5.69 Å². The summed E-state index contributed by atoms with van der Waals surface area (Å²) in [4.78, 5) is 29.3. The highest BCUT2D eigenvalue weighted by Gasteiger charge is 2.14. The van der Waals surface area contributed by atoms with E-state index in [2.05, 4.69) is 10.3 Å². The van der Waals surface area contributed by atoms with Crippen LogP contribution in [0.4, 0.5) is 11.4 Å². The molecule has 134 valence electrons. The summed E-state index contributed by atoms with van der Waals surface area (Å²) in [6.45, 7) is 0.722.